The Morgan fingerprint density at radius 2 is 2.06 bits per heavy atom. The fourth-order valence-electron chi connectivity index (χ4n) is 1.49. The quantitative estimate of drug-likeness (QED) is 0.684. The Labute approximate surface area is 121 Å². The van der Waals surface area contributed by atoms with E-state index in [2.05, 4.69) is 31.9 Å². The Balaban J connectivity index is 2.38. The lowest BCUT2D eigenvalue weighted by atomic mass is 10.1. The number of furan rings is 1. The number of methoxy groups -OCH3 is 1. The summed E-state index contributed by atoms with van der Waals surface area (Å²) in [5.41, 5.74) is 1.96. The summed E-state index contributed by atoms with van der Waals surface area (Å²) in [6, 6.07) is 7.49. The van der Waals surface area contributed by atoms with Crippen LogP contribution in [0.25, 0.3) is 0 Å². The highest BCUT2D eigenvalue weighted by molar-refractivity contribution is 9.10. The normalized spacial score (nSPS) is 12.5. The van der Waals surface area contributed by atoms with Gasteiger partial charge in [0.05, 0.1) is 18.2 Å². The summed E-state index contributed by atoms with van der Waals surface area (Å²) in [5.74, 6) is 0.740. The molecular formula is C12H9Br2ClO2. The van der Waals surface area contributed by atoms with Crippen LogP contribution in [0, 0.1) is 0 Å². The van der Waals surface area contributed by atoms with E-state index in [4.69, 9.17) is 20.8 Å². The average molecular weight is 380 g/mol. The van der Waals surface area contributed by atoms with Crippen molar-refractivity contribution in [3.63, 3.8) is 0 Å². The zero-order valence-electron chi connectivity index (χ0n) is 8.91. The van der Waals surface area contributed by atoms with Gasteiger partial charge in [0.1, 0.15) is 5.75 Å². The third-order valence-corrected chi connectivity index (χ3v) is 4.36. The lowest BCUT2D eigenvalue weighted by molar-refractivity contribution is 0.414. The largest absolute Gasteiger partial charge is 0.497 e. The Morgan fingerprint density at radius 3 is 2.59 bits per heavy atom. The molecule has 0 amide bonds. The molecule has 0 radical (unpaired) electrons. The van der Waals surface area contributed by atoms with E-state index >= 15 is 0 Å². The Morgan fingerprint density at radius 1 is 1.29 bits per heavy atom. The maximum atomic E-state index is 6.22. The molecule has 0 saturated heterocycles. The molecule has 0 N–H and O–H groups in total. The molecule has 0 aliphatic heterocycles. The minimum atomic E-state index is -0.0194. The van der Waals surface area contributed by atoms with Gasteiger partial charge in [-0.15, -0.1) is 0 Å². The van der Waals surface area contributed by atoms with E-state index in [0.717, 1.165) is 16.9 Å². The van der Waals surface area contributed by atoms with Gasteiger partial charge in [-0.3, -0.25) is 0 Å². The predicted molar refractivity (Wildman–Crippen MR) is 75.2 cm³/mol. The summed E-state index contributed by atoms with van der Waals surface area (Å²) < 4.78 is 11.0. The zero-order chi connectivity index (χ0) is 12.4. The van der Waals surface area contributed by atoms with Crippen molar-refractivity contribution in [2.45, 2.75) is 4.83 Å². The van der Waals surface area contributed by atoms with Gasteiger partial charge in [0.15, 0.2) is 4.67 Å². The van der Waals surface area contributed by atoms with Crippen molar-refractivity contribution < 1.29 is 9.15 Å². The van der Waals surface area contributed by atoms with Crippen LogP contribution in [0.15, 0.2) is 39.6 Å². The standard InChI is InChI=1S/C12H9Br2ClO2/c1-16-7-2-3-8(10(15)6-7)11(13)9-4-5-17-12(9)14/h2-6,11H,1H3. The molecule has 2 rings (SSSR count). The molecule has 17 heavy (non-hydrogen) atoms. The lowest BCUT2D eigenvalue weighted by Crippen LogP contribution is -1.94. The van der Waals surface area contributed by atoms with Crippen LogP contribution in [0.5, 0.6) is 5.75 Å². The molecule has 0 spiro atoms. The molecule has 0 aliphatic carbocycles. The number of hydrogen-bond donors (Lipinski definition) is 0. The highest BCUT2D eigenvalue weighted by atomic mass is 79.9. The summed E-state index contributed by atoms with van der Waals surface area (Å²) in [7, 11) is 1.61. The number of halogens is 3. The van der Waals surface area contributed by atoms with Gasteiger partial charge in [-0.25, -0.2) is 0 Å². The van der Waals surface area contributed by atoms with E-state index in [1.165, 1.54) is 0 Å². The van der Waals surface area contributed by atoms with Crippen molar-refractivity contribution in [2.75, 3.05) is 7.11 Å². The predicted octanol–water partition coefficient (Wildman–Crippen LogP) is 5.19. The molecule has 1 unspecified atom stereocenters. The first-order valence-corrected chi connectivity index (χ1v) is 6.92. The smallest absolute Gasteiger partial charge is 0.173 e. The molecule has 0 bridgehead atoms. The van der Waals surface area contributed by atoms with E-state index in [1.54, 1.807) is 19.4 Å². The van der Waals surface area contributed by atoms with Gasteiger partial charge in [-0.05, 0) is 39.7 Å². The Bertz CT molecular complexity index is 525. The molecule has 0 aliphatic rings. The molecule has 1 atom stereocenters. The summed E-state index contributed by atoms with van der Waals surface area (Å²) in [6.45, 7) is 0. The van der Waals surface area contributed by atoms with Crippen molar-refractivity contribution in [2.24, 2.45) is 0 Å². The lowest BCUT2D eigenvalue weighted by Gasteiger charge is -2.12. The summed E-state index contributed by atoms with van der Waals surface area (Å²) in [6.07, 6.45) is 1.63. The van der Waals surface area contributed by atoms with Gasteiger partial charge >= 0.3 is 0 Å². The molecule has 1 aromatic carbocycles. The first kappa shape index (κ1) is 13.0. The van der Waals surface area contributed by atoms with Crippen LogP contribution in [-0.4, -0.2) is 7.11 Å². The van der Waals surface area contributed by atoms with Crippen molar-refractivity contribution in [3.8, 4) is 5.75 Å². The van der Waals surface area contributed by atoms with Crippen LogP contribution in [-0.2, 0) is 0 Å². The summed E-state index contributed by atoms with van der Waals surface area (Å²) >= 11 is 13.2. The van der Waals surface area contributed by atoms with Crippen LogP contribution < -0.4 is 4.74 Å². The maximum Gasteiger partial charge on any atom is 0.173 e. The number of alkyl halides is 1. The van der Waals surface area contributed by atoms with Crippen LogP contribution in [0.3, 0.4) is 0 Å². The molecule has 1 heterocycles. The number of benzene rings is 1. The Hall–Kier alpha value is -0.450. The second-order valence-corrected chi connectivity index (χ2v) is 5.44. The monoisotopic (exact) mass is 378 g/mol. The van der Waals surface area contributed by atoms with Gasteiger partial charge in [0.2, 0.25) is 0 Å². The van der Waals surface area contributed by atoms with Crippen LogP contribution in [0.1, 0.15) is 16.0 Å². The summed E-state index contributed by atoms with van der Waals surface area (Å²) in [4.78, 5) is -0.0194. The fourth-order valence-corrected chi connectivity index (χ4v) is 3.44. The molecule has 5 heteroatoms. The van der Waals surface area contributed by atoms with Crippen molar-refractivity contribution in [1.29, 1.82) is 0 Å². The minimum Gasteiger partial charge on any atom is -0.497 e. The van der Waals surface area contributed by atoms with Gasteiger partial charge in [0, 0.05) is 10.6 Å². The fraction of sp³-hybridized carbons (Fsp3) is 0.167. The van der Waals surface area contributed by atoms with Crippen molar-refractivity contribution in [3.05, 3.63) is 51.3 Å². The third kappa shape index (κ3) is 2.69. The first-order chi connectivity index (χ1) is 8.13. The van der Waals surface area contributed by atoms with Gasteiger partial charge in [-0.1, -0.05) is 33.6 Å². The van der Waals surface area contributed by atoms with Crippen LogP contribution in [0.2, 0.25) is 5.02 Å². The molecule has 2 nitrogen and oxygen atoms in total. The van der Waals surface area contributed by atoms with Crippen LogP contribution in [0.4, 0.5) is 0 Å². The highest BCUT2D eigenvalue weighted by Gasteiger charge is 2.18. The zero-order valence-corrected chi connectivity index (χ0v) is 12.8. The second kappa shape index (κ2) is 5.46. The van der Waals surface area contributed by atoms with Gasteiger partial charge in [0.25, 0.3) is 0 Å². The topological polar surface area (TPSA) is 22.4 Å². The third-order valence-electron chi connectivity index (χ3n) is 2.40. The van der Waals surface area contributed by atoms with Gasteiger partial charge < -0.3 is 9.15 Å². The number of ether oxygens (including phenoxy) is 1. The van der Waals surface area contributed by atoms with E-state index < -0.39 is 0 Å². The molecule has 90 valence electrons. The SMILES string of the molecule is COc1ccc(C(Br)c2ccoc2Br)c(Cl)c1. The number of rotatable bonds is 3. The average Bonchev–Trinajstić information content (AvgIpc) is 2.74. The number of hydrogen-bond acceptors (Lipinski definition) is 2. The van der Waals surface area contributed by atoms with Crippen molar-refractivity contribution in [1.82, 2.24) is 0 Å². The second-order valence-electron chi connectivity index (χ2n) is 3.40. The minimum absolute atomic E-state index is 0.0194. The molecular weight excluding hydrogens is 371 g/mol. The first-order valence-electron chi connectivity index (χ1n) is 4.84. The maximum absolute atomic E-state index is 6.22. The van der Waals surface area contributed by atoms with E-state index in [-0.39, 0.29) is 4.83 Å². The van der Waals surface area contributed by atoms with Gasteiger partial charge in [-0.2, -0.15) is 0 Å². The van der Waals surface area contributed by atoms with Crippen molar-refractivity contribution >= 4 is 43.5 Å². The van der Waals surface area contributed by atoms with E-state index in [0.29, 0.717) is 9.69 Å². The summed E-state index contributed by atoms with van der Waals surface area (Å²) in [5, 5.41) is 0.652. The molecule has 0 fully saturated rings. The highest BCUT2D eigenvalue weighted by Crippen LogP contribution is 2.39. The van der Waals surface area contributed by atoms with E-state index in [1.807, 2.05) is 18.2 Å². The molecule has 2 aromatic rings. The molecule has 1 aromatic heterocycles. The van der Waals surface area contributed by atoms with E-state index in [9.17, 15) is 0 Å². The molecule has 0 saturated carbocycles. The Kier molecular flexibility index (Phi) is 4.17. The van der Waals surface area contributed by atoms with Crippen LogP contribution >= 0.6 is 43.5 Å².